The van der Waals surface area contributed by atoms with Crippen molar-refractivity contribution in [1.82, 2.24) is 15.2 Å². The van der Waals surface area contributed by atoms with Crippen molar-refractivity contribution in [3.05, 3.63) is 51.5 Å². The molecule has 130 valence electrons. The Labute approximate surface area is 165 Å². The molecule has 3 rings (SSSR count). The molecule has 0 radical (unpaired) electrons. The van der Waals surface area contributed by atoms with Gasteiger partial charge in [-0.3, -0.25) is 4.99 Å². The lowest BCUT2D eigenvalue weighted by molar-refractivity contribution is 0.379. The summed E-state index contributed by atoms with van der Waals surface area (Å²) in [6.07, 6.45) is 3.95. The van der Waals surface area contributed by atoms with Gasteiger partial charge in [0.1, 0.15) is 0 Å². The van der Waals surface area contributed by atoms with Gasteiger partial charge in [-0.15, -0.1) is 35.3 Å². The van der Waals surface area contributed by atoms with Gasteiger partial charge in [-0.2, -0.15) is 0 Å². The van der Waals surface area contributed by atoms with E-state index >= 15 is 0 Å². The maximum Gasteiger partial charge on any atom is 0.194 e. The molecule has 1 aromatic heterocycles. The molecule has 1 aliphatic rings. The molecule has 0 atom stereocenters. The van der Waals surface area contributed by atoms with Crippen molar-refractivity contribution in [2.45, 2.75) is 33.2 Å². The second-order valence-corrected chi connectivity index (χ2v) is 7.11. The molecule has 0 amide bonds. The number of nitrogens with zero attached hydrogens (tertiary/aromatic N) is 3. The number of nitrogens with one attached hydrogen (secondary N) is 1. The van der Waals surface area contributed by atoms with Crippen molar-refractivity contribution < 1.29 is 0 Å². The van der Waals surface area contributed by atoms with Gasteiger partial charge in [0.05, 0.1) is 5.01 Å². The number of thiazole rings is 1. The summed E-state index contributed by atoms with van der Waals surface area (Å²) in [6, 6.07) is 8.71. The van der Waals surface area contributed by atoms with Crippen LogP contribution in [0.5, 0.6) is 0 Å². The largest absolute Gasteiger partial charge is 0.357 e. The molecule has 0 bridgehead atoms. The van der Waals surface area contributed by atoms with Gasteiger partial charge in [-0.25, -0.2) is 4.98 Å². The second-order valence-electron chi connectivity index (χ2n) is 5.79. The molecular weight excluding hydrogens is 431 g/mol. The summed E-state index contributed by atoms with van der Waals surface area (Å²) in [5.74, 6) is 1.02. The van der Waals surface area contributed by atoms with Gasteiger partial charge >= 0.3 is 0 Å². The van der Waals surface area contributed by atoms with E-state index in [-0.39, 0.29) is 24.0 Å². The van der Waals surface area contributed by atoms with Gasteiger partial charge in [-0.1, -0.05) is 24.3 Å². The lowest BCUT2D eigenvalue weighted by Crippen LogP contribution is -2.44. The van der Waals surface area contributed by atoms with Crippen LogP contribution in [-0.2, 0) is 19.4 Å². The third-order valence-electron chi connectivity index (χ3n) is 4.02. The molecular formula is C18H25IN4S. The van der Waals surface area contributed by atoms with Crippen LogP contribution in [0.4, 0.5) is 0 Å². The van der Waals surface area contributed by atoms with Gasteiger partial charge in [-0.05, 0) is 31.4 Å². The molecule has 24 heavy (non-hydrogen) atoms. The molecule has 0 spiro atoms. The van der Waals surface area contributed by atoms with E-state index in [1.54, 1.807) is 11.3 Å². The number of guanidine groups is 1. The highest BCUT2D eigenvalue weighted by Crippen LogP contribution is 2.18. The average Bonchev–Trinajstić information content (AvgIpc) is 2.99. The molecule has 6 heteroatoms. The van der Waals surface area contributed by atoms with Crippen molar-refractivity contribution in [2.24, 2.45) is 4.99 Å². The number of halogens is 1. The predicted octanol–water partition coefficient (Wildman–Crippen LogP) is 3.64. The van der Waals surface area contributed by atoms with Crippen molar-refractivity contribution in [1.29, 1.82) is 0 Å². The van der Waals surface area contributed by atoms with E-state index in [2.05, 4.69) is 53.3 Å². The summed E-state index contributed by atoms with van der Waals surface area (Å²) in [7, 11) is 0. The van der Waals surface area contributed by atoms with Gasteiger partial charge in [0.15, 0.2) is 5.96 Å². The summed E-state index contributed by atoms with van der Waals surface area (Å²) in [5, 5.41) is 4.61. The average molecular weight is 456 g/mol. The molecule has 1 aromatic carbocycles. The van der Waals surface area contributed by atoms with Gasteiger partial charge in [0, 0.05) is 43.7 Å². The Balaban J connectivity index is 0.00000208. The molecule has 0 saturated heterocycles. The van der Waals surface area contributed by atoms with Crippen molar-refractivity contribution in [2.75, 3.05) is 19.6 Å². The SMILES string of the molecule is CCNC(=NCCc1ncc(C)s1)N1CCc2ccccc2C1.I. The number of hydrogen-bond acceptors (Lipinski definition) is 3. The minimum absolute atomic E-state index is 0. The minimum Gasteiger partial charge on any atom is -0.357 e. The monoisotopic (exact) mass is 456 g/mol. The van der Waals surface area contributed by atoms with Crippen LogP contribution in [-0.4, -0.2) is 35.5 Å². The Hall–Kier alpha value is -1.15. The zero-order valence-corrected chi connectivity index (χ0v) is 17.4. The van der Waals surface area contributed by atoms with Crippen LogP contribution in [0.3, 0.4) is 0 Å². The smallest absolute Gasteiger partial charge is 0.194 e. The Morgan fingerprint density at radius 3 is 2.83 bits per heavy atom. The first kappa shape index (κ1) is 19.2. The van der Waals surface area contributed by atoms with Crippen LogP contribution in [0, 0.1) is 6.92 Å². The van der Waals surface area contributed by atoms with Crippen LogP contribution in [0.15, 0.2) is 35.5 Å². The predicted molar refractivity (Wildman–Crippen MR) is 113 cm³/mol. The third-order valence-corrected chi connectivity index (χ3v) is 4.99. The number of rotatable bonds is 4. The van der Waals surface area contributed by atoms with Crippen LogP contribution in [0.1, 0.15) is 27.9 Å². The lowest BCUT2D eigenvalue weighted by Gasteiger charge is -2.31. The highest BCUT2D eigenvalue weighted by Gasteiger charge is 2.18. The maximum absolute atomic E-state index is 4.81. The minimum atomic E-state index is 0. The highest BCUT2D eigenvalue weighted by molar-refractivity contribution is 14.0. The van der Waals surface area contributed by atoms with E-state index in [4.69, 9.17) is 4.99 Å². The molecule has 2 aromatic rings. The van der Waals surface area contributed by atoms with Gasteiger partial charge < -0.3 is 10.2 Å². The Morgan fingerprint density at radius 1 is 1.33 bits per heavy atom. The first-order valence-electron chi connectivity index (χ1n) is 8.27. The van der Waals surface area contributed by atoms with E-state index < -0.39 is 0 Å². The summed E-state index contributed by atoms with van der Waals surface area (Å²) in [4.78, 5) is 12.9. The number of aromatic nitrogens is 1. The summed E-state index contributed by atoms with van der Waals surface area (Å²) >= 11 is 1.76. The molecule has 0 aliphatic carbocycles. The Kier molecular flexibility index (Phi) is 7.48. The summed E-state index contributed by atoms with van der Waals surface area (Å²) in [6.45, 7) is 7.87. The van der Waals surface area contributed by atoms with Crippen molar-refractivity contribution >= 4 is 41.3 Å². The standard InChI is InChI=1S/C18H24N4S.HI/c1-3-19-18(20-10-8-17-21-12-14(2)23-17)22-11-9-15-6-4-5-7-16(15)13-22;/h4-7,12H,3,8-11,13H2,1-2H3,(H,19,20);1H. The number of hydrogen-bond donors (Lipinski definition) is 1. The topological polar surface area (TPSA) is 40.5 Å². The molecule has 4 nitrogen and oxygen atoms in total. The van der Waals surface area contributed by atoms with Crippen LogP contribution < -0.4 is 5.32 Å². The second kappa shape index (κ2) is 9.36. The van der Waals surface area contributed by atoms with E-state index in [1.165, 1.54) is 21.0 Å². The van der Waals surface area contributed by atoms with Crippen LogP contribution in [0.25, 0.3) is 0 Å². The fourth-order valence-electron chi connectivity index (χ4n) is 2.88. The fourth-order valence-corrected chi connectivity index (χ4v) is 3.65. The number of aryl methyl sites for hydroxylation is 1. The molecule has 0 unspecified atom stereocenters. The van der Waals surface area contributed by atoms with E-state index in [0.717, 1.165) is 45.0 Å². The molecule has 1 N–H and O–H groups in total. The summed E-state index contributed by atoms with van der Waals surface area (Å²) in [5.41, 5.74) is 2.89. The van der Waals surface area contributed by atoms with Crippen LogP contribution >= 0.6 is 35.3 Å². The highest BCUT2D eigenvalue weighted by atomic mass is 127. The number of benzene rings is 1. The molecule has 0 saturated carbocycles. The molecule has 0 fully saturated rings. The quantitative estimate of drug-likeness (QED) is 0.434. The van der Waals surface area contributed by atoms with Crippen molar-refractivity contribution in [3.8, 4) is 0 Å². The lowest BCUT2D eigenvalue weighted by atomic mass is 10.0. The first-order valence-corrected chi connectivity index (χ1v) is 9.09. The zero-order valence-electron chi connectivity index (χ0n) is 14.3. The molecule has 1 aliphatic heterocycles. The number of fused-ring (bicyclic) bond motifs is 1. The van der Waals surface area contributed by atoms with Crippen molar-refractivity contribution in [3.63, 3.8) is 0 Å². The molecule has 2 heterocycles. The van der Waals surface area contributed by atoms with E-state index in [0.29, 0.717) is 0 Å². The van der Waals surface area contributed by atoms with Gasteiger partial charge in [0.2, 0.25) is 0 Å². The Morgan fingerprint density at radius 2 is 2.12 bits per heavy atom. The third kappa shape index (κ3) is 4.92. The maximum atomic E-state index is 4.81. The van der Waals surface area contributed by atoms with E-state index in [9.17, 15) is 0 Å². The van der Waals surface area contributed by atoms with E-state index in [1.807, 2.05) is 6.20 Å². The zero-order chi connectivity index (χ0) is 16.1. The fraction of sp³-hybridized carbons (Fsp3) is 0.444. The van der Waals surface area contributed by atoms with Crippen LogP contribution in [0.2, 0.25) is 0 Å². The van der Waals surface area contributed by atoms with Gasteiger partial charge in [0.25, 0.3) is 0 Å². The number of aliphatic imine (C=N–C) groups is 1. The first-order chi connectivity index (χ1) is 11.3. The summed E-state index contributed by atoms with van der Waals surface area (Å²) < 4.78 is 0. The Bertz CT molecular complexity index is 683. The normalized spacial score (nSPS) is 14.1.